The predicted molar refractivity (Wildman–Crippen MR) is 144 cm³/mol. The van der Waals surface area contributed by atoms with E-state index in [0.29, 0.717) is 43.3 Å². The highest BCUT2D eigenvalue weighted by Crippen LogP contribution is 2.32. The molecule has 208 valence electrons. The van der Waals surface area contributed by atoms with Crippen LogP contribution in [0.2, 0.25) is 5.02 Å². The van der Waals surface area contributed by atoms with Crippen molar-refractivity contribution in [3.8, 4) is 0 Å². The largest absolute Gasteiger partial charge is 0.434 e. The van der Waals surface area contributed by atoms with Crippen molar-refractivity contribution >= 4 is 34.3 Å². The maximum Gasteiger partial charge on any atom is 0.434 e. The summed E-state index contributed by atoms with van der Waals surface area (Å²) in [5.74, 6) is -0.910. The molecule has 5 rings (SSSR count). The number of Topliss-reactive ketones (excluding diaryl/α,β-unsaturated/α-hetero) is 1. The number of carbonyl (C=O) groups excluding carboxylic acids is 2. The topological polar surface area (TPSA) is 86.0 Å². The summed E-state index contributed by atoms with van der Waals surface area (Å²) in [6.45, 7) is 0.358. The molecule has 0 aliphatic heterocycles. The predicted octanol–water partition coefficient (Wildman–Crippen LogP) is 5.74. The first kappa shape index (κ1) is 27.6. The lowest BCUT2D eigenvalue weighted by molar-refractivity contribution is -0.141. The van der Waals surface area contributed by atoms with E-state index in [-0.39, 0.29) is 35.0 Å². The molecule has 2 heterocycles. The lowest BCUT2D eigenvalue weighted by atomic mass is 9.85. The van der Waals surface area contributed by atoms with Crippen molar-refractivity contribution in [2.75, 3.05) is 0 Å². The quantitative estimate of drug-likeness (QED) is 0.287. The number of para-hydroxylation sites is 2. The fourth-order valence-electron chi connectivity index (χ4n) is 5.31. The number of nitrogens with zero attached hydrogens (tertiary/aromatic N) is 3. The molecule has 2 aromatic carbocycles. The van der Waals surface area contributed by atoms with Crippen LogP contribution in [0.5, 0.6) is 0 Å². The van der Waals surface area contributed by atoms with E-state index in [9.17, 15) is 27.6 Å². The number of halogens is 4. The van der Waals surface area contributed by atoms with E-state index in [4.69, 9.17) is 11.6 Å². The minimum Gasteiger partial charge on any atom is -0.349 e. The molecular weight excluding hydrogens is 545 g/mol. The summed E-state index contributed by atoms with van der Waals surface area (Å²) in [7, 11) is 0. The van der Waals surface area contributed by atoms with Crippen molar-refractivity contribution in [1.82, 2.24) is 19.4 Å². The van der Waals surface area contributed by atoms with Crippen LogP contribution < -0.4 is 11.0 Å². The maximum absolute atomic E-state index is 13.4. The zero-order chi connectivity index (χ0) is 28.4. The molecule has 2 aromatic heterocycles. The number of alkyl halides is 3. The van der Waals surface area contributed by atoms with E-state index in [1.807, 2.05) is 30.3 Å². The van der Waals surface area contributed by atoms with Crippen molar-refractivity contribution < 1.29 is 22.8 Å². The molecule has 0 radical (unpaired) electrons. The van der Waals surface area contributed by atoms with Gasteiger partial charge in [-0.15, -0.1) is 0 Å². The first-order valence-corrected chi connectivity index (χ1v) is 13.3. The summed E-state index contributed by atoms with van der Waals surface area (Å²) >= 11 is 5.81. The lowest BCUT2D eigenvalue weighted by Crippen LogP contribution is -2.39. The van der Waals surface area contributed by atoms with Crippen LogP contribution in [-0.4, -0.2) is 31.9 Å². The molecule has 1 aliphatic rings. The minimum absolute atomic E-state index is 0.0584. The molecule has 0 bridgehead atoms. The Balaban J connectivity index is 1.27. The highest BCUT2D eigenvalue weighted by Gasteiger charge is 2.38. The molecule has 0 unspecified atom stereocenters. The number of hydrogen-bond acceptors (Lipinski definition) is 4. The molecular formula is C29H26ClF3N4O3. The minimum atomic E-state index is -4.78. The Labute approximate surface area is 232 Å². The van der Waals surface area contributed by atoms with Gasteiger partial charge in [0, 0.05) is 24.3 Å². The smallest absolute Gasteiger partial charge is 0.349 e. The fourth-order valence-corrected chi connectivity index (χ4v) is 5.47. The Morgan fingerprint density at radius 2 is 1.57 bits per heavy atom. The van der Waals surface area contributed by atoms with Crippen molar-refractivity contribution in [3.05, 3.63) is 99.2 Å². The molecule has 1 N–H and O–H groups in total. The number of amides is 1. The first-order valence-electron chi connectivity index (χ1n) is 12.9. The number of ketones is 1. The third kappa shape index (κ3) is 5.82. The highest BCUT2D eigenvalue weighted by atomic mass is 35.5. The van der Waals surface area contributed by atoms with Gasteiger partial charge in [-0.05, 0) is 49.8 Å². The first-order chi connectivity index (χ1) is 19.1. The number of nitrogens with one attached hydrogen (secondary N) is 1. The molecule has 1 aliphatic carbocycles. The van der Waals surface area contributed by atoms with Gasteiger partial charge in [-0.1, -0.05) is 54.1 Å². The molecule has 7 nitrogen and oxygen atoms in total. The average molecular weight is 571 g/mol. The third-order valence-corrected chi connectivity index (χ3v) is 7.52. The van der Waals surface area contributed by atoms with Crippen LogP contribution in [0.15, 0.2) is 71.7 Å². The highest BCUT2D eigenvalue weighted by molar-refractivity contribution is 6.30. The lowest BCUT2D eigenvalue weighted by Gasteiger charge is -2.29. The summed E-state index contributed by atoms with van der Waals surface area (Å²) in [4.78, 5) is 42.3. The Morgan fingerprint density at radius 1 is 0.950 bits per heavy atom. The van der Waals surface area contributed by atoms with Gasteiger partial charge in [-0.3, -0.25) is 18.7 Å². The van der Waals surface area contributed by atoms with Gasteiger partial charge in [-0.25, -0.2) is 9.78 Å². The van der Waals surface area contributed by atoms with E-state index >= 15 is 0 Å². The van der Waals surface area contributed by atoms with Crippen molar-refractivity contribution in [3.63, 3.8) is 0 Å². The second kappa shape index (κ2) is 11.3. The molecule has 1 saturated carbocycles. The van der Waals surface area contributed by atoms with Crippen LogP contribution in [0.1, 0.15) is 52.1 Å². The summed E-state index contributed by atoms with van der Waals surface area (Å²) in [5, 5.41) is 2.64. The number of hydrogen-bond donors (Lipinski definition) is 1. The monoisotopic (exact) mass is 570 g/mol. The molecule has 40 heavy (non-hydrogen) atoms. The Bertz CT molecular complexity index is 1610. The van der Waals surface area contributed by atoms with Gasteiger partial charge < -0.3 is 5.32 Å². The van der Waals surface area contributed by atoms with Crippen LogP contribution in [0, 0.1) is 5.92 Å². The van der Waals surface area contributed by atoms with Gasteiger partial charge in [-0.2, -0.15) is 13.2 Å². The van der Waals surface area contributed by atoms with Crippen molar-refractivity contribution in [2.45, 2.75) is 51.0 Å². The van der Waals surface area contributed by atoms with Gasteiger partial charge in [0.05, 0.1) is 28.2 Å². The maximum atomic E-state index is 13.4. The molecule has 11 heteroatoms. The van der Waals surface area contributed by atoms with Crippen molar-refractivity contribution in [2.24, 2.45) is 5.92 Å². The number of imidazole rings is 1. The van der Waals surface area contributed by atoms with E-state index < -0.39 is 23.3 Å². The van der Waals surface area contributed by atoms with Crippen LogP contribution in [0.3, 0.4) is 0 Å². The van der Waals surface area contributed by atoms with Gasteiger partial charge in [0.25, 0.3) is 5.91 Å². The Morgan fingerprint density at radius 3 is 2.23 bits per heavy atom. The van der Waals surface area contributed by atoms with E-state index in [1.165, 1.54) is 4.57 Å². The van der Waals surface area contributed by atoms with Crippen LogP contribution in [0.4, 0.5) is 13.2 Å². The molecule has 1 fully saturated rings. The number of pyridine rings is 1. The second-order valence-corrected chi connectivity index (χ2v) is 10.4. The SMILES string of the molecule is O=C(Cn1c(=O)n(CC2CCC(NC(=O)c3cc(Cl)cnc3C(F)(F)F)CC2)c2ccccc21)c1ccccc1. The Hall–Kier alpha value is -3.92. The zero-order valence-electron chi connectivity index (χ0n) is 21.3. The van der Waals surface area contributed by atoms with Gasteiger partial charge in [0.1, 0.15) is 0 Å². The standard InChI is InChI=1S/C29H26ClF3N4O3/c30-20-14-22(26(34-15-20)29(31,32)33)27(39)35-21-12-10-18(11-13-21)16-36-23-8-4-5-9-24(23)37(28(36)40)17-25(38)19-6-2-1-3-7-19/h1-9,14-15,18,21H,10-13,16-17H2,(H,35,39). The number of fused-ring (bicyclic) bond motifs is 1. The van der Waals surface area contributed by atoms with Crippen molar-refractivity contribution in [1.29, 1.82) is 0 Å². The molecule has 4 aromatic rings. The van der Waals surface area contributed by atoms with Crippen LogP contribution in [-0.2, 0) is 19.3 Å². The van der Waals surface area contributed by atoms with E-state index in [0.717, 1.165) is 17.8 Å². The summed E-state index contributed by atoms with van der Waals surface area (Å²) in [5.41, 5.74) is -0.210. The van der Waals surface area contributed by atoms with Crippen LogP contribution >= 0.6 is 11.6 Å². The van der Waals surface area contributed by atoms with Gasteiger partial charge in [0.15, 0.2) is 11.5 Å². The van der Waals surface area contributed by atoms with E-state index in [2.05, 4.69) is 10.3 Å². The third-order valence-electron chi connectivity index (χ3n) is 7.31. The number of rotatable bonds is 7. The second-order valence-electron chi connectivity index (χ2n) is 10.00. The number of benzene rings is 2. The number of aromatic nitrogens is 3. The average Bonchev–Trinajstić information content (AvgIpc) is 3.19. The molecule has 0 atom stereocenters. The van der Waals surface area contributed by atoms with Gasteiger partial charge in [0.2, 0.25) is 0 Å². The summed E-state index contributed by atoms with van der Waals surface area (Å²) in [6.07, 6.45) is -1.49. The summed E-state index contributed by atoms with van der Waals surface area (Å²) in [6, 6.07) is 16.8. The normalized spacial score (nSPS) is 17.6. The zero-order valence-corrected chi connectivity index (χ0v) is 22.1. The fraction of sp³-hybridized carbons (Fsp3) is 0.310. The molecule has 1 amide bonds. The van der Waals surface area contributed by atoms with Crippen LogP contribution in [0.25, 0.3) is 11.0 Å². The Kier molecular flexibility index (Phi) is 7.80. The van der Waals surface area contributed by atoms with E-state index in [1.54, 1.807) is 28.8 Å². The molecule has 0 spiro atoms. The van der Waals surface area contributed by atoms with Gasteiger partial charge >= 0.3 is 11.9 Å². The molecule has 0 saturated heterocycles. The number of carbonyl (C=O) groups is 2. The summed E-state index contributed by atoms with van der Waals surface area (Å²) < 4.78 is 43.2.